The third-order valence-electron chi connectivity index (χ3n) is 1.44. The lowest BCUT2D eigenvalue weighted by atomic mass is 10.3. The molecule has 0 aliphatic heterocycles. The highest BCUT2D eigenvalue weighted by molar-refractivity contribution is 5.69. The van der Waals surface area contributed by atoms with Crippen LogP contribution in [0.2, 0.25) is 0 Å². The maximum Gasteiger partial charge on any atom is 0.407 e. The van der Waals surface area contributed by atoms with Crippen LogP contribution in [-0.2, 0) is 4.79 Å². The average Bonchev–Trinajstić information content (AvgIpc) is 1.84. The van der Waals surface area contributed by atoms with Gasteiger partial charge >= 0.3 is 12.1 Å². The molecule has 0 saturated heterocycles. The van der Waals surface area contributed by atoms with Crippen molar-refractivity contribution < 1.29 is 19.8 Å². The van der Waals surface area contributed by atoms with E-state index >= 15 is 0 Å². The molecule has 0 aromatic heterocycles. The Morgan fingerprint density at radius 3 is 2.08 bits per heavy atom. The van der Waals surface area contributed by atoms with E-state index < -0.39 is 12.1 Å². The summed E-state index contributed by atoms with van der Waals surface area (Å²) >= 11 is 0. The summed E-state index contributed by atoms with van der Waals surface area (Å²) in [4.78, 5) is 21.7. The van der Waals surface area contributed by atoms with Crippen molar-refractivity contribution in [2.45, 2.75) is 26.3 Å². The Labute approximate surface area is 70.6 Å². The van der Waals surface area contributed by atoms with Crippen LogP contribution in [0, 0.1) is 0 Å². The zero-order chi connectivity index (χ0) is 9.72. The molecule has 0 radical (unpaired) electrons. The molecule has 0 aromatic carbocycles. The van der Waals surface area contributed by atoms with E-state index in [1.165, 1.54) is 0 Å². The number of amides is 1. The number of hydrogen-bond acceptors (Lipinski definition) is 2. The number of aliphatic carboxylic acids is 1. The predicted octanol–water partition coefficient (Wildman–Crippen LogP) is 0.850. The van der Waals surface area contributed by atoms with Gasteiger partial charge in [-0.1, -0.05) is 0 Å². The minimum Gasteiger partial charge on any atom is -0.481 e. The normalized spacial score (nSPS) is 9.92. The maximum absolute atomic E-state index is 10.5. The van der Waals surface area contributed by atoms with Gasteiger partial charge in [-0.15, -0.1) is 0 Å². The van der Waals surface area contributed by atoms with E-state index in [-0.39, 0.29) is 19.0 Å². The van der Waals surface area contributed by atoms with Gasteiger partial charge in [-0.25, -0.2) is 4.79 Å². The molecule has 0 spiro atoms. The molecular formula is C7H13NO4. The molecule has 0 saturated carbocycles. The molecule has 0 bridgehead atoms. The number of nitrogens with zero attached hydrogens (tertiary/aromatic N) is 1. The number of carbonyl (C=O) groups is 2. The molecule has 5 heteroatoms. The molecular weight excluding hydrogens is 162 g/mol. The van der Waals surface area contributed by atoms with Crippen molar-refractivity contribution in [2.75, 3.05) is 6.54 Å². The van der Waals surface area contributed by atoms with Gasteiger partial charge in [-0.05, 0) is 13.8 Å². The Kier molecular flexibility index (Phi) is 4.10. The van der Waals surface area contributed by atoms with Gasteiger partial charge in [-0.3, -0.25) is 4.79 Å². The third-order valence-corrected chi connectivity index (χ3v) is 1.44. The van der Waals surface area contributed by atoms with E-state index in [0.29, 0.717) is 0 Å². The minimum absolute atomic E-state index is 0.0440. The quantitative estimate of drug-likeness (QED) is 0.664. The molecule has 0 aliphatic rings. The molecule has 12 heavy (non-hydrogen) atoms. The highest BCUT2D eigenvalue weighted by Gasteiger charge is 2.15. The highest BCUT2D eigenvalue weighted by Crippen LogP contribution is 1.99. The molecule has 0 fully saturated rings. The van der Waals surface area contributed by atoms with Crippen LogP contribution in [0.4, 0.5) is 4.79 Å². The molecule has 2 N–H and O–H groups in total. The number of hydrogen-bond donors (Lipinski definition) is 2. The monoisotopic (exact) mass is 175 g/mol. The Morgan fingerprint density at radius 2 is 1.83 bits per heavy atom. The average molecular weight is 175 g/mol. The second-order valence-electron chi connectivity index (χ2n) is 2.71. The topological polar surface area (TPSA) is 77.8 Å². The minimum atomic E-state index is -1.08. The van der Waals surface area contributed by atoms with Crippen LogP contribution >= 0.6 is 0 Å². The van der Waals surface area contributed by atoms with Crippen molar-refractivity contribution in [2.24, 2.45) is 0 Å². The Morgan fingerprint density at radius 1 is 1.33 bits per heavy atom. The lowest BCUT2D eigenvalue weighted by molar-refractivity contribution is -0.137. The largest absolute Gasteiger partial charge is 0.481 e. The molecule has 0 rings (SSSR count). The van der Waals surface area contributed by atoms with Crippen LogP contribution in [0.15, 0.2) is 0 Å². The lowest BCUT2D eigenvalue weighted by Gasteiger charge is -2.22. The first kappa shape index (κ1) is 10.7. The maximum atomic E-state index is 10.5. The molecule has 70 valence electrons. The lowest BCUT2D eigenvalue weighted by Crippen LogP contribution is -2.37. The molecule has 0 unspecified atom stereocenters. The molecule has 1 amide bonds. The summed E-state index contributed by atoms with van der Waals surface area (Å²) in [5, 5.41) is 16.9. The second-order valence-corrected chi connectivity index (χ2v) is 2.71. The van der Waals surface area contributed by atoms with Gasteiger partial charge in [0.05, 0.1) is 6.42 Å². The Bertz CT molecular complexity index is 178. The number of carboxylic acid groups (broad SMARTS) is 2. The molecule has 0 aliphatic carbocycles. The van der Waals surface area contributed by atoms with Crippen LogP contribution in [0.5, 0.6) is 0 Å². The van der Waals surface area contributed by atoms with Crippen LogP contribution in [0.25, 0.3) is 0 Å². The van der Waals surface area contributed by atoms with Crippen LogP contribution in [0.3, 0.4) is 0 Å². The first-order chi connectivity index (χ1) is 5.45. The van der Waals surface area contributed by atoms with Gasteiger partial charge in [0, 0.05) is 12.6 Å². The van der Waals surface area contributed by atoms with Gasteiger partial charge in [0.2, 0.25) is 0 Å². The summed E-state index contributed by atoms with van der Waals surface area (Å²) in [6, 6.07) is -0.179. The standard InChI is InChI=1S/C7H13NO4/c1-5(2)8(7(11)12)4-3-6(9)10/h5H,3-4H2,1-2H3,(H,9,10)(H,11,12). The second kappa shape index (κ2) is 4.58. The Hall–Kier alpha value is -1.26. The summed E-state index contributed by atoms with van der Waals surface area (Å²) in [6.07, 6.45) is -1.23. The fourth-order valence-electron chi connectivity index (χ4n) is 0.791. The fourth-order valence-corrected chi connectivity index (χ4v) is 0.791. The van der Waals surface area contributed by atoms with E-state index in [9.17, 15) is 9.59 Å². The molecule has 0 heterocycles. The molecule has 0 atom stereocenters. The summed E-state index contributed by atoms with van der Waals surface area (Å²) in [5.74, 6) is -0.984. The van der Waals surface area contributed by atoms with Crippen molar-refractivity contribution in [3.8, 4) is 0 Å². The molecule has 0 aromatic rings. The number of carboxylic acids is 1. The van der Waals surface area contributed by atoms with Crippen molar-refractivity contribution in [1.29, 1.82) is 0 Å². The van der Waals surface area contributed by atoms with Gasteiger partial charge in [0.1, 0.15) is 0 Å². The van der Waals surface area contributed by atoms with Crippen LogP contribution < -0.4 is 0 Å². The van der Waals surface area contributed by atoms with Crippen molar-refractivity contribution in [1.82, 2.24) is 4.90 Å². The van der Waals surface area contributed by atoms with E-state index in [1.54, 1.807) is 13.8 Å². The van der Waals surface area contributed by atoms with Gasteiger partial charge in [0.15, 0.2) is 0 Å². The summed E-state index contributed by atoms with van der Waals surface area (Å²) in [7, 11) is 0. The van der Waals surface area contributed by atoms with Crippen molar-refractivity contribution in [3.05, 3.63) is 0 Å². The third kappa shape index (κ3) is 3.80. The van der Waals surface area contributed by atoms with Gasteiger partial charge < -0.3 is 15.1 Å². The zero-order valence-corrected chi connectivity index (χ0v) is 7.15. The molecule has 5 nitrogen and oxygen atoms in total. The van der Waals surface area contributed by atoms with Crippen molar-refractivity contribution >= 4 is 12.1 Å². The summed E-state index contributed by atoms with van der Waals surface area (Å²) in [6.45, 7) is 3.45. The fraction of sp³-hybridized carbons (Fsp3) is 0.714. The van der Waals surface area contributed by atoms with Crippen LogP contribution in [0.1, 0.15) is 20.3 Å². The van der Waals surface area contributed by atoms with E-state index in [0.717, 1.165) is 4.90 Å². The van der Waals surface area contributed by atoms with E-state index in [2.05, 4.69) is 0 Å². The smallest absolute Gasteiger partial charge is 0.407 e. The first-order valence-corrected chi connectivity index (χ1v) is 3.66. The highest BCUT2D eigenvalue weighted by atomic mass is 16.4. The van der Waals surface area contributed by atoms with Crippen LogP contribution in [-0.4, -0.2) is 39.8 Å². The predicted molar refractivity (Wildman–Crippen MR) is 42.1 cm³/mol. The van der Waals surface area contributed by atoms with E-state index in [1.807, 2.05) is 0 Å². The first-order valence-electron chi connectivity index (χ1n) is 3.66. The summed E-state index contributed by atoms with van der Waals surface area (Å²) < 4.78 is 0. The van der Waals surface area contributed by atoms with E-state index in [4.69, 9.17) is 10.2 Å². The number of rotatable bonds is 4. The van der Waals surface area contributed by atoms with Crippen molar-refractivity contribution in [3.63, 3.8) is 0 Å². The zero-order valence-electron chi connectivity index (χ0n) is 7.15. The van der Waals surface area contributed by atoms with Gasteiger partial charge in [-0.2, -0.15) is 0 Å². The van der Waals surface area contributed by atoms with Gasteiger partial charge in [0.25, 0.3) is 0 Å². The SMILES string of the molecule is CC(C)N(CCC(=O)O)C(=O)O. The summed E-state index contributed by atoms with van der Waals surface area (Å²) in [5.41, 5.74) is 0. The Balaban J connectivity index is 3.97.